The minimum Gasteiger partial charge on any atom is -0.342 e. The van der Waals surface area contributed by atoms with Crippen molar-refractivity contribution in [3.05, 3.63) is 90.4 Å². The van der Waals surface area contributed by atoms with Gasteiger partial charge in [-0.15, -0.1) is 0 Å². The summed E-state index contributed by atoms with van der Waals surface area (Å²) >= 11 is 0. The molecule has 4 heteroatoms. The number of nitrogens with zero attached hydrogens (tertiary/aromatic N) is 4. The quantitative estimate of drug-likeness (QED) is 0.749. The molecule has 1 saturated heterocycles. The second-order valence-electron chi connectivity index (χ2n) is 7.91. The Morgan fingerprint density at radius 1 is 1.17 bits per heavy atom. The number of guanidine groups is 1. The third kappa shape index (κ3) is 4.02. The predicted molar refractivity (Wildman–Crippen MR) is 121 cm³/mol. The highest BCUT2D eigenvalue weighted by atomic mass is 15.4. The van der Waals surface area contributed by atoms with Crippen LogP contribution in [0.1, 0.15) is 29.5 Å². The highest BCUT2D eigenvalue weighted by Gasteiger charge is 2.29. The van der Waals surface area contributed by atoms with Crippen molar-refractivity contribution in [2.45, 2.75) is 19.8 Å². The standard InChI is InChI=1S/C25H28N4/c1-18-7-5-8-22(15-18)20(3)23-9-6-14-29(17-23)25-27-24(16-19(2)28(25)4)21-10-12-26-13-11-21/h5,7-8,10-13,15-16,23H,2-3,6,9,14,17H2,1,4H3. The Kier molecular flexibility index (Phi) is 5.34. The number of hydrogen-bond donors (Lipinski definition) is 0. The van der Waals surface area contributed by atoms with Crippen molar-refractivity contribution in [3.63, 3.8) is 0 Å². The summed E-state index contributed by atoms with van der Waals surface area (Å²) in [5.41, 5.74) is 6.69. The molecular formula is C25H28N4. The molecule has 148 valence electrons. The molecule has 1 unspecified atom stereocenters. The Labute approximate surface area is 173 Å². The molecule has 4 nitrogen and oxygen atoms in total. The number of hydrogen-bond acceptors (Lipinski definition) is 4. The zero-order valence-electron chi connectivity index (χ0n) is 17.3. The van der Waals surface area contributed by atoms with Gasteiger partial charge >= 0.3 is 0 Å². The zero-order chi connectivity index (χ0) is 20.4. The number of likely N-dealkylation sites (tertiary alicyclic amines) is 1. The van der Waals surface area contributed by atoms with Crippen LogP contribution in [-0.4, -0.2) is 40.9 Å². The number of aryl methyl sites for hydroxylation is 1. The Bertz CT molecular complexity index is 987. The molecule has 1 fully saturated rings. The third-order valence-electron chi connectivity index (χ3n) is 5.82. The largest absolute Gasteiger partial charge is 0.342 e. The fourth-order valence-electron chi connectivity index (χ4n) is 4.08. The van der Waals surface area contributed by atoms with Gasteiger partial charge in [-0.3, -0.25) is 4.98 Å². The molecule has 29 heavy (non-hydrogen) atoms. The van der Waals surface area contributed by atoms with E-state index in [0.29, 0.717) is 5.92 Å². The van der Waals surface area contributed by atoms with Gasteiger partial charge in [0.25, 0.3) is 0 Å². The Morgan fingerprint density at radius 3 is 2.72 bits per heavy atom. The maximum Gasteiger partial charge on any atom is 0.206 e. The lowest BCUT2D eigenvalue weighted by Gasteiger charge is -2.40. The van der Waals surface area contributed by atoms with Crippen LogP contribution in [0.3, 0.4) is 0 Å². The summed E-state index contributed by atoms with van der Waals surface area (Å²) in [6.07, 6.45) is 7.92. The van der Waals surface area contributed by atoms with Crippen LogP contribution in [-0.2, 0) is 0 Å². The second kappa shape index (κ2) is 8.08. The first kappa shape index (κ1) is 19.2. The van der Waals surface area contributed by atoms with E-state index in [0.717, 1.165) is 48.8 Å². The monoisotopic (exact) mass is 384 g/mol. The first-order valence-electron chi connectivity index (χ1n) is 10.2. The lowest BCUT2D eigenvalue weighted by molar-refractivity contribution is 0.275. The number of likely N-dealkylation sites (N-methyl/N-ethyl adjacent to an activating group) is 1. The fourth-order valence-corrected chi connectivity index (χ4v) is 4.08. The second-order valence-corrected chi connectivity index (χ2v) is 7.91. The number of aliphatic imine (C=N–C) groups is 1. The molecule has 2 aromatic rings. The van der Waals surface area contributed by atoms with E-state index in [-0.39, 0.29) is 0 Å². The van der Waals surface area contributed by atoms with E-state index in [9.17, 15) is 0 Å². The van der Waals surface area contributed by atoms with Crippen LogP contribution >= 0.6 is 0 Å². The molecule has 3 heterocycles. The summed E-state index contributed by atoms with van der Waals surface area (Å²) in [6, 6.07) is 12.6. The maximum atomic E-state index is 5.00. The van der Waals surface area contributed by atoms with Gasteiger partial charge in [-0.2, -0.15) is 0 Å². The highest BCUT2D eigenvalue weighted by molar-refractivity contribution is 5.91. The van der Waals surface area contributed by atoms with Crippen LogP contribution in [0.2, 0.25) is 0 Å². The van der Waals surface area contributed by atoms with Crippen LogP contribution < -0.4 is 0 Å². The average Bonchev–Trinajstić information content (AvgIpc) is 2.75. The lowest BCUT2D eigenvalue weighted by Crippen LogP contribution is -2.47. The first-order chi connectivity index (χ1) is 14.0. The number of benzene rings is 1. The summed E-state index contributed by atoms with van der Waals surface area (Å²) in [6.45, 7) is 12.7. The van der Waals surface area contributed by atoms with Gasteiger partial charge in [-0.1, -0.05) is 43.0 Å². The van der Waals surface area contributed by atoms with Crippen molar-refractivity contribution in [3.8, 4) is 0 Å². The van der Waals surface area contributed by atoms with E-state index in [1.165, 1.54) is 16.7 Å². The topological polar surface area (TPSA) is 31.7 Å². The molecule has 1 aromatic carbocycles. The molecule has 1 aromatic heterocycles. The van der Waals surface area contributed by atoms with Gasteiger partial charge in [0.2, 0.25) is 5.96 Å². The van der Waals surface area contributed by atoms with Crippen LogP contribution in [0.25, 0.3) is 11.3 Å². The summed E-state index contributed by atoms with van der Waals surface area (Å²) in [5.74, 6) is 1.39. The third-order valence-corrected chi connectivity index (χ3v) is 5.82. The number of rotatable bonds is 3. The molecule has 2 aliphatic heterocycles. The molecule has 1 atom stereocenters. The van der Waals surface area contributed by atoms with Gasteiger partial charge in [0.1, 0.15) is 0 Å². The number of pyridine rings is 1. The number of piperidine rings is 1. The van der Waals surface area contributed by atoms with Gasteiger partial charge in [0.05, 0.1) is 5.70 Å². The van der Waals surface area contributed by atoms with Gasteiger partial charge < -0.3 is 9.80 Å². The SMILES string of the molecule is C=C(c1cccc(C)c1)C1CCCN(C2=NC(c3ccncc3)=CC(=C)N2C)C1. The zero-order valence-corrected chi connectivity index (χ0v) is 17.3. The molecule has 0 aliphatic carbocycles. The molecule has 2 aliphatic rings. The first-order valence-corrected chi connectivity index (χ1v) is 10.2. The molecule has 0 radical (unpaired) electrons. The van der Waals surface area contributed by atoms with Gasteiger partial charge in [-0.25, -0.2) is 4.99 Å². The summed E-state index contributed by atoms with van der Waals surface area (Å²) in [4.78, 5) is 13.6. The minimum absolute atomic E-state index is 0.421. The van der Waals surface area contributed by atoms with Gasteiger partial charge in [-0.05, 0) is 49.1 Å². The summed E-state index contributed by atoms with van der Waals surface area (Å²) in [5, 5.41) is 0. The lowest BCUT2D eigenvalue weighted by atomic mass is 9.87. The molecular weight excluding hydrogens is 356 g/mol. The average molecular weight is 385 g/mol. The normalized spacial score (nSPS) is 19.7. The van der Waals surface area contributed by atoms with Crippen molar-refractivity contribution < 1.29 is 0 Å². The van der Waals surface area contributed by atoms with Crippen LogP contribution in [0, 0.1) is 12.8 Å². The summed E-state index contributed by atoms with van der Waals surface area (Å²) < 4.78 is 0. The van der Waals surface area contributed by atoms with E-state index < -0.39 is 0 Å². The smallest absolute Gasteiger partial charge is 0.206 e. The fraction of sp³-hybridized carbons (Fsp3) is 0.280. The van der Waals surface area contributed by atoms with Crippen LogP contribution in [0.4, 0.5) is 0 Å². The predicted octanol–water partition coefficient (Wildman–Crippen LogP) is 4.97. The van der Waals surface area contributed by atoms with Gasteiger partial charge in [0.15, 0.2) is 0 Å². The van der Waals surface area contributed by atoms with Crippen molar-refractivity contribution in [2.75, 3.05) is 20.1 Å². The molecule has 4 rings (SSSR count). The van der Waals surface area contributed by atoms with E-state index >= 15 is 0 Å². The number of aromatic nitrogens is 1. The molecule has 0 saturated carbocycles. The van der Waals surface area contributed by atoms with Crippen LogP contribution in [0.15, 0.2) is 78.7 Å². The maximum absolute atomic E-state index is 5.00. The summed E-state index contributed by atoms with van der Waals surface area (Å²) in [7, 11) is 2.04. The van der Waals surface area contributed by atoms with E-state index in [4.69, 9.17) is 4.99 Å². The Morgan fingerprint density at radius 2 is 1.97 bits per heavy atom. The van der Waals surface area contributed by atoms with Crippen molar-refractivity contribution in [1.29, 1.82) is 0 Å². The van der Waals surface area contributed by atoms with Crippen molar-refractivity contribution in [1.82, 2.24) is 14.8 Å². The van der Waals surface area contributed by atoms with Gasteiger partial charge in [0, 0.05) is 49.7 Å². The Balaban J connectivity index is 1.58. The molecule has 0 N–H and O–H groups in total. The molecule has 0 bridgehead atoms. The highest BCUT2D eigenvalue weighted by Crippen LogP contribution is 2.32. The van der Waals surface area contributed by atoms with E-state index in [2.05, 4.69) is 59.1 Å². The van der Waals surface area contributed by atoms with E-state index in [1.807, 2.05) is 25.3 Å². The van der Waals surface area contributed by atoms with Crippen molar-refractivity contribution >= 4 is 17.2 Å². The van der Waals surface area contributed by atoms with Crippen molar-refractivity contribution in [2.24, 2.45) is 10.9 Å². The van der Waals surface area contributed by atoms with E-state index in [1.54, 1.807) is 12.4 Å². The van der Waals surface area contributed by atoms with Crippen LogP contribution in [0.5, 0.6) is 0 Å². The molecule has 0 spiro atoms. The molecule has 0 amide bonds. The minimum atomic E-state index is 0.421. The Hall–Kier alpha value is -3.14. The number of allylic oxidation sites excluding steroid dienone is 1.